The number of anilines is 1. The molecule has 1 aliphatic heterocycles. The molecule has 6 nitrogen and oxygen atoms in total. The Bertz CT molecular complexity index is 1400. The molecule has 2 aromatic heterocycles. The van der Waals surface area contributed by atoms with Gasteiger partial charge in [-0.1, -0.05) is 12.1 Å². The molecule has 0 unspecified atom stereocenters. The number of carbonyl (C=O) groups is 1. The molecule has 0 atom stereocenters. The van der Waals surface area contributed by atoms with E-state index in [4.69, 9.17) is 0 Å². The lowest BCUT2D eigenvalue weighted by Crippen LogP contribution is -2.24. The minimum absolute atomic E-state index is 0.0803. The molecule has 0 saturated carbocycles. The summed E-state index contributed by atoms with van der Waals surface area (Å²) in [4.78, 5) is 27.4. The van der Waals surface area contributed by atoms with E-state index in [-0.39, 0.29) is 17.5 Å². The number of aromatic nitrogens is 2. The Morgan fingerprint density at radius 2 is 1.97 bits per heavy atom. The number of thiazole rings is 1. The van der Waals surface area contributed by atoms with E-state index in [0.29, 0.717) is 24.2 Å². The Morgan fingerprint density at radius 3 is 2.68 bits per heavy atom. The number of halogens is 1. The Kier molecular flexibility index (Phi) is 5.69. The number of hydrogen-bond donors (Lipinski definition) is 1. The molecule has 0 aliphatic carbocycles. The van der Waals surface area contributed by atoms with Crippen molar-refractivity contribution in [2.24, 2.45) is 0 Å². The predicted molar refractivity (Wildman–Crippen MR) is 132 cm³/mol. The van der Waals surface area contributed by atoms with Crippen LogP contribution in [0.1, 0.15) is 37.1 Å². The zero-order chi connectivity index (χ0) is 24.0. The van der Waals surface area contributed by atoms with Crippen molar-refractivity contribution in [1.29, 1.82) is 0 Å². The minimum Gasteiger partial charge on any atom is -0.505 e. The van der Waals surface area contributed by atoms with E-state index in [1.54, 1.807) is 34.6 Å². The van der Waals surface area contributed by atoms with Gasteiger partial charge >= 0.3 is 0 Å². The third-order valence-electron chi connectivity index (χ3n) is 6.30. The molecule has 2 aromatic carbocycles. The van der Waals surface area contributed by atoms with Gasteiger partial charge in [-0.15, -0.1) is 11.3 Å². The zero-order valence-electron chi connectivity index (χ0n) is 19.3. The van der Waals surface area contributed by atoms with Gasteiger partial charge in [0.25, 0.3) is 5.91 Å². The molecule has 1 aliphatic rings. The Balaban J connectivity index is 1.52. The standard InChI is InChI=1S/C26H25FN4O2S/c1-15-21(34-16(2)29-15)10-12-30(3)24-19-5-4-11-28-23(19)25(32)22-20(24)14-31(26(22)33)13-17-6-8-18(27)9-7-17/h4-9,11,32H,10,12-14H2,1-3H3. The third kappa shape index (κ3) is 3.88. The van der Waals surface area contributed by atoms with Crippen molar-refractivity contribution >= 4 is 33.8 Å². The van der Waals surface area contributed by atoms with Gasteiger partial charge in [0.15, 0.2) is 5.75 Å². The van der Waals surface area contributed by atoms with Gasteiger partial charge in [0.05, 0.1) is 22.0 Å². The number of carbonyl (C=O) groups excluding carboxylic acids is 1. The fourth-order valence-electron chi connectivity index (χ4n) is 4.69. The summed E-state index contributed by atoms with van der Waals surface area (Å²) < 4.78 is 13.3. The number of pyridine rings is 1. The topological polar surface area (TPSA) is 69.6 Å². The molecular weight excluding hydrogens is 451 g/mol. The van der Waals surface area contributed by atoms with Crippen molar-refractivity contribution in [2.75, 3.05) is 18.5 Å². The molecule has 1 N–H and O–H groups in total. The molecule has 1 amide bonds. The monoisotopic (exact) mass is 476 g/mol. The first-order valence-corrected chi connectivity index (χ1v) is 12.0. The summed E-state index contributed by atoms with van der Waals surface area (Å²) in [6.45, 7) is 5.47. The summed E-state index contributed by atoms with van der Waals surface area (Å²) in [6.07, 6.45) is 2.45. The number of amides is 1. The molecule has 5 rings (SSSR count). The molecule has 34 heavy (non-hydrogen) atoms. The average Bonchev–Trinajstić information content (AvgIpc) is 3.31. The van der Waals surface area contributed by atoms with Gasteiger partial charge in [-0.2, -0.15) is 0 Å². The normalized spacial score (nSPS) is 13.1. The molecule has 3 heterocycles. The predicted octanol–water partition coefficient (Wildman–Crippen LogP) is 4.99. The van der Waals surface area contributed by atoms with Crippen LogP contribution >= 0.6 is 11.3 Å². The van der Waals surface area contributed by atoms with Crippen LogP contribution in [-0.4, -0.2) is 39.5 Å². The van der Waals surface area contributed by atoms with Crippen molar-refractivity contribution in [3.63, 3.8) is 0 Å². The summed E-state index contributed by atoms with van der Waals surface area (Å²) in [5.74, 6) is -0.638. The third-order valence-corrected chi connectivity index (χ3v) is 7.44. The Hall–Kier alpha value is -3.52. The SMILES string of the molecule is Cc1nc(C)c(CCN(C)c2c3c(c(O)c4ncccc24)C(=O)N(Cc2ccc(F)cc2)C3)s1. The number of nitrogens with zero attached hydrogens (tertiary/aromatic N) is 4. The van der Waals surface area contributed by atoms with Crippen LogP contribution in [0.5, 0.6) is 5.75 Å². The number of fused-ring (bicyclic) bond motifs is 2. The lowest BCUT2D eigenvalue weighted by molar-refractivity contribution is 0.0764. The Labute approximate surface area is 201 Å². The molecule has 174 valence electrons. The number of phenolic OH excluding ortho intramolecular Hbond substituents is 1. The van der Waals surface area contributed by atoms with Gasteiger partial charge in [0, 0.05) is 55.1 Å². The number of aromatic hydroxyl groups is 1. The number of aryl methyl sites for hydroxylation is 2. The molecule has 0 saturated heterocycles. The van der Waals surface area contributed by atoms with Gasteiger partial charge in [-0.25, -0.2) is 9.37 Å². The van der Waals surface area contributed by atoms with Gasteiger partial charge in [0.1, 0.15) is 11.3 Å². The summed E-state index contributed by atoms with van der Waals surface area (Å²) >= 11 is 1.71. The smallest absolute Gasteiger partial charge is 0.258 e. The number of rotatable bonds is 6. The first-order chi connectivity index (χ1) is 16.3. The number of hydrogen-bond acceptors (Lipinski definition) is 6. The van der Waals surface area contributed by atoms with E-state index < -0.39 is 0 Å². The van der Waals surface area contributed by atoms with Crippen LogP contribution in [-0.2, 0) is 19.5 Å². The minimum atomic E-state index is -0.315. The van der Waals surface area contributed by atoms with Gasteiger partial charge in [-0.3, -0.25) is 9.78 Å². The quantitative estimate of drug-likeness (QED) is 0.425. The van der Waals surface area contributed by atoms with E-state index in [2.05, 4.69) is 14.9 Å². The second-order valence-electron chi connectivity index (χ2n) is 8.65. The molecule has 0 spiro atoms. The second kappa shape index (κ2) is 8.68. The van der Waals surface area contributed by atoms with Gasteiger partial charge < -0.3 is 14.9 Å². The summed E-state index contributed by atoms with van der Waals surface area (Å²) in [7, 11) is 2.01. The largest absolute Gasteiger partial charge is 0.505 e. The Morgan fingerprint density at radius 1 is 1.21 bits per heavy atom. The van der Waals surface area contributed by atoms with Gasteiger partial charge in [0.2, 0.25) is 0 Å². The molecule has 0 bridgehead atoms. The molecule has 4 aromatic rings. The average molecular weight is 477 g/mol. The molecule has 8 heteroatoms. The lowest BCUT2D eigenvalue weighted by Gasteiger charge is -2.24. The first-order valence-electron chi connectivity index (χ1n) is 11.1. The zero-order valence-corrected chi connectivity index (χ0v) is 20.1. The summed E-state index contributed by atoms with van der Waals surface area (Å²) in [6, 6.07) is 9.91. The van der Waals surface area contributed by atoms with E-state index in [0.717, 1.165) is 45.9 Å². The van der Waals surface area contributed by atoms with E-state index >= 15 is 0 Å². The van der Waals surface area contributed by atoms with Crippen molar-refractivity contribution in [2.45, 2.75) is 33.4 Å². The van der Waals surface area contributed by atoms with Crippen molar-refractivity contribution in [3.8, 4) is 5.75 Å². The fraction of sp³-hybridized carbons (Fsp3) is 0.269. The summed E-state index contributed by atoms with van der Waals surface area (Å²) in [5.41, 5.74) is 4.31. The van der Waals surface area contributed by atoms with Gasteiger partial charge in [-0.05, 0) is 43.7 Å². The maximum absolute atomic E-state index is 13.4. The van der Waals surface area contributed by atoms with Crippen LogP contribution in [0.4, 0.5) is 10.1 Å². The number of benzene rings is 2. The highest BCUT2D eigenvalue weighted by atomic mass is 32.1. The van der Waals surface area contributed by atoms with E-state index in [1.165, 1.54) is 17.0 Å². The van der Waals surface area contributed by atoms with Crippen LogP contribution in [0.2, 0.25) is 0 Å². The molecule has 0 radical (unpaired) electrons. The van der Waals surface area contributed by atoms with E-state index in [9.17, 15) is 14.3 Å². The van der Waals surface area contributed by atoms with Crippen LogP contribution in [0.15, 0.2) is 42.6 Å². The number of likely N-dealkylation sites (N-methyl/N-ethyl adjacent to an activating group) is 1. The van der Waals surface area contributed by atoms with E-state index in [1.807, 2.05) is 33.0 Å². The molecular formula is C26H25FN4O2S. The highest BCUT2D eigenvalue weighted by Crippen LogP contribution is 2.44. The molecule has 0 fully saturated rings. The summed E-state index contributed by atoms with van der Waals surface area (Å²) in [5, 5.41) is 12.9. The number of phenols is 1. The van der Waals surface area contributed by atoms with Crippen LogP contribution in [0, 0.1) is 19.7 Å². The maximum atomic E-state index is 13.4. The van der Waals surface area contributed by atoms with Crippen LogP contribution < -0.4 is 4.90 Å². The maximum Gasteiger partial charge on any atom is 0.258 e. The van der Waals surface area contributed by atoms with Crippen LogP contribution in [0.25, 0.3) is 10.9 Å². The lowest BCUT2D eigenvalue weighted by atomic mass is 10.00. The van der Waals surface area contributed by atoms with Crippen LogP contribution in [0.3, 0.4) is 0 Å². The highest BCUT2D eigenvalue weighted by Gasteiger charge is 2.35. The highest BCUT2D eigenvalue weighted by molar-refractivity contribution is 7.11. The second-order valence-corrected chi connectivity index (χ2v) is 9.94. The fourth-order valence-corrected chi connectivity index (χ4v) is 5.62. The van der Waals surface area contributed by atoms with Crippen molar-refractivity contribution in [1.82, 2.24) is 14.9 Å². The van der Waals surface area contributed by atoms with Crippen molar-refractivity contribution < 1.29 is 14.3 Å². The van der Waals surface area contributed by atoms with Crippen molar-refractivity contribution in [3.05, 3.63) is 80.7 Å². The first kappa shape index (κ1) is 22.3.